The van der Waals surface area contributed by atoms with Crippen LogP contribution in [0.1, 0.15) is 22.9 Å². The first-order chi connectivity index (χ1) is 15.7. The van der Waals surface area contributed by atoms with Gasteiger partial charge in [0.1, 0.15) is 0 Å². The normalized spacial score (nSPS) is 11.3. The van der Waals surface area contributed by atoms with Crippen LogP contribution < -0.4 is 0 Å². The summed E-state index contributed by atoms with van der Waals surface area (Å²) in [6.07, 6.45) is 0. The van der Waals surface area contributed by atoms with Gasteiger partial charge in [-0.3, -0.25) is 0 Å². The van der Waals surface area contributed by atoms with Crippen molar-refractivity contribution in [2.45, 2.75) is 38.2 Å². The zero-order chi connectivity index (χ0) is 22.1. The van der Waals surface area contributed by atoms with Gasteiger partial charge in [0.2, 0.25) is 0 Å². The molecule has 3 aromatic carbocycles. The summed E-state index contributed by atoms with van der Waals surface area (Å²) in [4.78, 5) is 1.31. The number of rotatable bonds is 6. The molecule has 160 valence electrons. The zero-order valence-corrected chi connectivity index (χ0v) is 20.1. The molecule has 2 heterocycles. The molecule has 0 radical (unpaired) electrons. The summed E-state index contributed by atoms with van der Waals surface area (Å²) >= 11 is 3.54. The standard InChI is InChI=1S/C27H25N3S2/c1-4-30-26(24-17-31-19(3)25(24)21-14-12-18(2)13-15-21)28-29-27(30)32-16-22-10-7-9-20-8-5-6-11-23(20)22/h5-15,17H,4,16H2,1-3H3. The van der Waals surface area contributed by atoms with E-state index in [1.165, 1.54) is 43.5 Å². The maximum atomic E-state index is 4.65. The number of benzene rings is 3. The third-order valence-electron chi connectivity index (χ3n) is 5.83. The average molecular weight is 456 g/mol. The molecule has 0 amide bonds. The molecule has 0 fully saturated rings. The van der Waals surface area contributed by atoms with Crippen LogP contribution in [0.4, 0.5) is 0 Å². The number of hydrogen-bond donors (Lipinski definition) is 0. The van der Waals surface area contributed by atoms with E-state index in [0.717, 1.165) is 23.3 Å². The van der Waals surface area contributed by atoms with Crippen molar-refractivity contribution in [1.82, 2.24) is 14.8 Å². The second-order valence-electron chi connectivity index (χ2n) is 7.92. The van der Waals surface area contributed by atoms with E-state index < -0.39 is 0 Å². The molecule has 5 heteroatoms. The van der Waals surface area contributed by atoms with Gasteiger partial charge in [-0.25, -0.2) is 0 Å². The highest BCUT2D eigenvalue weighted by Crippen LogP contribution is 2.39. The third kappa shape index (κ3) is 3.87. The number of nitrogens with zero attached hydrogens (tertiary/aromatic N) is 3. The fourth-order valence-electron chi connectivity index (χ4n) is 4.14. The van der Waals surface area contributed by atoms with Crippen molar-refractivity contribution in [2.75, 3.05) is 0 Å². The van der Waals surface area contributed by atoms with Gasteiger partial charge in [0.15, 0.2) is 11.0 Å². The SMILES string of the molecule is CCn1c(SCc2cccc3ccccc23)nnc1-c1csc(C)c1-c1ccc(C)cc1. The molecule has 0 aliphatic heterocycles. The predicted octanol–water partition coefficient (Wildman–Crippen LogP) is 7.76. The summed E-state index contributed by atoms with van der Waals surface area (Å²) < 4.78 is 2.25. The molecule has 2 aromatic heterocycles. The van der Waals surface area contributed by atoms with Crippen LogP contribution in [0, 0.1) is 13.8 Å². The Balaban J connectivity index is 1.49. The highest BCUT2D eigenvalue weighted by atomic mass is 32.2. The van der Waals surface area contributed by atoms with Crippen molar-refractivity contribution in [3.8, 4) is 22.5 Å². The van der Waals surface area contributed by atoms with Crippen LogP contribution in [0.15, 0.2) is 77.3 Å². The van der Waals surface area contributed by atoms with Gasteiger partial charge in [-0.15, -0.1) is 21.5 Å². The Labute approximate surface area is 197 Å². The molecule has 0 spiro atoms. The third-order valence-corrected chi connectivity index (χ3v) is 7.75. The fourth-order valence-corrected chi connectivity index (χ4v) is 6.01. The summed E-state index contributed by atoms with van der Waals surface area (Å²) in [5, 5.41) is 15.0. The van der Waals surface area contributed by atoms with Gasteiger partial charge in [-0.1, -0.05) is 84.1 Å². The van der Waals surface area contributed by atoms with E-state index in [4.69, 9.17) is 0 Å². The average Bonchev–Trinajstić information content (AvgIpc) is 3.40. The summed E-state index contributed by atoms with van der Waals surface area (Å²) in [5.41, 5.74) is 6.27. The maximum absolute atomic E-state index is 4.65. The minimum atomic E-state index is 0.836. The quantitative estimate of drug-likeness (QED) is 0.245. The lowest BCUT2D eigenvalue weighted by Gasteiger charge is -2.10. The van der Waals surface area contributed by atoms with Crippen LogP contribution in [-0.2, 0) is 12.3 Å². The molecule has 0 bridgehead atoms. The minimum absolute atomic E-state index is 0.836. The van der Waals surface area contributed by atoms with E-state index in [1.807, 2.05) is 0 Å². The van der Waals surface area contributed by atoms with Crippen LogP contribution in [0.2, 0.25) is 0 Å². The lowest BCUT2D eigenvalue weighted by atomic mass is 10.0. The van der Waals surface area contributed by atoms with Gasteiger partial charge >= 0.3 is 0 Å². The largest absolute Gasteiger partial charge is 0.302 e. The lowest BCUT2D eigenvalue weighted by molar-refractivity contribution is 0.687. The van der Waals surface area contributed by atoms with Gasteiger partial charge in [0.25, 0.3) is 0 Å². The Hall–Kier alpha value is -2.89. The summed E-state index contributed by atoms with van der Waals surface area (Å²) in [6.45, 7) is 7.31. The molecule has 5 rings (SSSR count). The van der Waals surface area contributed by atoms with E-state index in [1.54, 1.807) is 23.1 Å². The number of thiophene rings is 1. The van der Waals surface area contributed by atoms with Gasteiger partial charge in [-0.2, -0.15) is 0 Å². The van der Waals surface area contributed by atoms with Crippen LogP contribution in [0.5, 0.6) is 0 Å². The molecule has 0 aliphatic rings. The second kappa shape index (κ2) is 8.93. The molecular weight excluding hydrogens is 430 g/mol. The van der Waals surface area contributed by atoms with Crippen molar-refractivity contribution < 1.29 is 0 Å². The summed E-state index contributed by atoms with van der Waals surface area (Å²) in [5.74, 6) is 1.82. The smallest absolute Gasteiger partial charge is 0.191 e. The number of aryl methyl sites for hydroxylation is 2. The van der Waals surface area contributed by atoms with Gasteiger partial charge in [0.05, 0.1) is 0 Å². The highest BCUT2D eigenvalue weighted by Gasteiger charge is 2.20. The van der Waals surface area contributed by atoms with Crippen molar-refractivity contribution >= 4 is 33.9 Å². The van der Waals surface area contributed by atoms with Crippen LogP contribution >= 0.6 is 23.1 Å². The van der Waals surface area contributed by atoms with Crippen molar-refractivity contribution in [3.05, 3.63) is 88.1 Å². The van der Waals surface area contributed by atoms with Crippen LogP contribution in [0.3, 0.4) is 0 Å². The van der Waals surface area contributed by atoms with Gasteiger partial charge < -0.3 is 4.57 Å². The Morgan fingerprint density at radius 1 is 0.906 bits per heavy atom. The molecule has 5 aromatic rings. The van der Waals surface area contributed by atoms with E-state index >= 15 is 0 Å². The highest BCUT2D eigenvalue weighted by molar-refractivity contribution is 7.98. The Morgan fingerprint density at radius 3 is 2.50 bits per heavy atom. The van der Waals surface area contributed by atoms with E-state index in [0.29, 0.717) is 0 Å². The van der Waals surface area contributed by atoms with Gasteiger partial charge in [-0.05, 0) is 42.7 Å². The van der Waals surface area contributed by atoms with E-state index in [2.05, 4.69) is 108 Å². The lowest BCUT2D eigenvalue weighted by Crippen LogP contribution is -2.00. The molecule has 0 saturated heterocycles. The van der Waals surface area contributed by atoms with Crippen molar-refractivity contribution in [3.63, 3.8) is 0 Å². The van der Waals surface area contributed by atoms with Crippen LogP contribution in [-0.4, -0.2) is 14.8 Å². The predicted molar refractivity (Wildman–Crippen MR) is 137 cm³/mol. The monoisotopic (exact) mass is 455 g/mol. The number of thioether (sulfide) groups is 1. The zero-order valence-electron chi connectivity index (χ0n) is 18.5. The molecule has 32 heavy (non-hydrogen) atoms. The van der Waals surface area contributed by atoms with Crippen molar-refractivity contribution in [1.29, 1.82) is 0 Å². The molecule has 0 atom stereocenters. The van der Waals surface area contributed by atoms with E-state index in [-0.39, 0.29) is 0 Å². The number of fused-ring (bicyclic) bond motifs is 1. The first-order valence-electron chi connectivity index (χ1n) is 10.8. The number of aromatic nitrogens is 3. The molecule has 0 aliphatic carbocycles. The molecule has 0 N–H and O–H groups in total. The molecule has 3 nitrogen and oxygen atoms in total. The summed E-state index contributed by atoms with van der Waals surface area (Å²) in [6, 6.07) is 23.8. The first kappa shape index (κ1) is 21.0. The summed E-state index contributed by atoms with van der Waals surface area (Å²) in [7, 11) is 0. The Morgan fingerprint density at radius 2 is 1.69 bits per heavy atom. The van der Waals surface area contributed by atoms with Crippen molar-refractivity contribution in [2.24, 2.45) is 0 Å². The Kier molecular flexibility index (Phi) is 5.85. The maximum Gasteiger partial charge on any atom is 0.191 e. The van der Waals surface area contributed by atoms with Gasteiger partial charge in [0, 0.05) is 33.7 Å². The topological polar surface area (TPSA) is 30.7 Å². The minimum Gasteiger partial charge on any atom is -0.302 e. The second-order valence-corrected chi connectivity index (χ2v) is 9.95. The fraction of sp³-hybridized carbons (Fsp3) is 0.185. The molecule has 0 unspecified atom stereocenters. The Bertz CT molecular complexity index is 1370. The van der Waals surface area contributed by atoms with Crippen LogP contribution in [0.25, 0.3) is 33.3 Å². The molecular formula is C27H25N3S2. The van der Waals surface area contributed by atoms with E-state index in [9.17, 15) is 0 Å². The molecule has 0 saturated carbocycles. The first-order valence-corrected chi connectivity index (χ1v) is 12.7. The number of hydrogen-bond acceptors (Lipinski definition) is 4.